The molecule has 1 aromatic carbocycles. The number of hydrogen-bond donors (Lipinski definition) is 0. The summed E-state index contributed by atoms with van der Waals surface area (Å²) < 4.78 is 0. The van der Waals surface area contributed by atoms with Crippen molar-refractivity contribution in [3.8, 4) is 0 Å². The van der Waals surface area contributed by atoms with E-state index in [4.69, 9.17) is 0 Å². The zero-order valence-electron chi connectivity index (χ0n) is 7.31. The number of benzene rings is 1. The van der Waals surface area contributed by atoms with Gasteiger partial charge in [-0.15, -0.1) is 0 Å². The molecule has 0 N–H and O–H groups in total. The Morgan fingerprint density at radius 1 is 0.700 bits per heavy atom. The van der Waals surface area contributed by atoms with Crippen molar-refractivity contribution in [2.24, 2.45) is 0 Å². The van der Waals surface area contributed by atoms with Gasteiger partial charge in [0.15, 0.2) is 0 Å². The van der Waals surface area contributed by atoms with E-state index in [2.05, 4.69) is 38.1 Å². The van der Waals surface area contributed by atoms with Crippen LogP contribution in [0.3, 0.4) is 0 Å². The summed E-state index contributed by atoms with van der Waals surface area (Å²) in [6.45, 7) is 4.19. The Morgan fingerprint density at radius 2 is 0.900 bits per heavy atom. The summed E-state index contributed by atoms with van der Waals surface area (Å²) >= 11 is 0. The van der Waals surface area contributed by atoms with E-state index in [1.165, 1.54) is 11.1 Å². The predicted octanol–water partition coefficient (Wildman–Crippen LogP) is 1.54. The average molecular weight is 152 g/mol. The summed E-state index contributed by atoms with van der Waals surface area (Å²) in [5.41, 5.74) is 2.66. The first kappa shape index (κ1) is 13.8. The molecule has 1 rings (SSSR count). The van der Waals surface area contributed by atoms with Crippen molar-refractivity contribution in [1.82, 2.24) is 0 Å². The van der Waals surface area contributed by atoms with Gasteiger partial charge in [0, 0.05) is 59.1 Å². The minimum Gasteiger partial charge on any atom is -0.0591 e. The summed E-state index contributed by atoms with van der Waals surface area (Å²) in [6, 6.07) is 8.48. The molecule has 0 bridgehead atoms. The van der Waals surface area contributed by atoms with Crippen LogP contribution in [0.4, 0.5) is 0 Å². The molecule has 0 saturated carbocycles. The Labute approximate surface area is 107 Å². The molecule has 0 atom stereocenters. The Morgan fingerprint density at radius 3 is 1.10 bits per heavy atom. The van der Waals surface area contributed by atoms with Crippen LogP contribution >= 0.6 is 0 Å². The van der Waals surface area contributed by atoms with Gasteiger partial charge in [-0.25, -0.2) is 0 Å². The van der Waals surface area contributed by atoms with Crippen LogP contribution in [0.15, 0.2) is 24.3 Å². The number of hydrogen-bond acceptors (Lipinski definition) is 0. The molecule has 0 unspecified atom stereocenters. The van der Waals surface area contributed by atoms with Crippen molar-refractivity contribution in [2.75, 3.05) is 0 Å². The fourth-order valence-electron chi connectivity index (χ4n) is 0.637. The zero-order valence-corrected chi connectivity index (χ0v) is 11.3. The second-order valence-electron chi connectivity index (χ2n) is 2.15. The Bertz CT molecular complexity index is 146. The van der Waals surface area contributed by atoms with E-state index in [-0.39, 0.29) is 59.1 Å². The van der Waals surface area contributed by atoms with Crippen molar-refractivity contribution >= 4 is 59.1 Å². The minimum absolute atomic E-state index is 0. The smallest absolute Gasteiger partial charge is 0 e. The average Bonchev–Trinajstić information content (AvgIpc) is 1.77. The van der Waals surface area contributed by atoms with Gasteiger partial charge in [0.1, 0.15) is 0 Å². The van der Waals surface area contributed by atoms with E-state index < -0.39 is 0 Å². The molecule has 0 aliphatic rings. The van der Waals surface area contributed by atoms with E-state index in [9.17, 15) is 0 Å². The molecule has 0 amide bonds. The minimum atomic E-state index is 0. The Kier molecular flexibility index (Phi) is 9.51. The normalized spacial score (nSPS) is 7.40. The molecule has 2 heteroatoms. The van der Waals surface area contributed by atoms with E-state index in [1.54, 1.807) is 0 Å². The van der Waals surface area contributed by atoms with Gasteiger partial charge >= 0.3 is 0 Å². The van der Waals surface area contributed by atoms with Crippen molar-refractivity contribution in [3.05, 3.63) is 35.4 Å². The van der Waals surface area contributed by atoms with Crippen molar-refractivity contribution in [1.29, 1.82) is 0 Å². The largest absolute Gasteiger partial charge is 0.0591 e. The summed E-state index contributed by atoms with van der Waals surface area (Å²) in [5.74, 6) is 0. The molecule has 0 spiro atoms. The molecule has 2 radical (unpaired) electrons. The van der Waals surface area contributed by atoms with Crippen LogP contribution in [-0.4, -0.2) is 59.1 Å². The van der Waals surface area contributed by atoms with Crippen molar-refractivity contribution < 1.29 is 0 Å². The van der Waals surface area contributed by atoms with Crippen molar-refractivity contribution in [3.63, 3.8) is 0 Å². The monoisotopic (exact) mass is 152 g/mol. The van der Waals surface area contributed by atoms with Crippen LogP contribution in [0.5, 0.6) is 0 Å². The standard InChI is InChI=1S/C8H10.2Na/c1-7-3-5-8(2)6-4-7;;/h3-6H,1-2H3;;. The third-order valence-electron chi connectivity index (χ3n) is 1.22. The molecule has 0 heterocycles. The number of rotatable bonds is 0. The third-order valence-corrected chi connectivity index (χ3v) is 1.22. The Balaban J connectivity index is 0. The van der Waals surface area contributed by atoms with Crippen LogP contribution in [0.25, 0.3) is 0 Å². The molecule has 1 aromatic rings. The SMILES string of the molecule is Cc1ccc(C)cc1.[Na].[Na]. The first-order chi connectivity index (χ1) is 3.79. The van der Waals surface area contributed by atoms with Gasteiger partial charge in [-0.2, -0.15) is 0 Å². The van der Waals surface area contributed by atoms with E-state index >= 15 is 0 Å². The molecule has 0 aliphatic carbocycles. The maximum atomic E-state index is 2.12. The molecule has 0 fully saturated rings. The van der Waals surface area contributed by atoms with Gasteiger partial charge in [0.2, 0.25) is 0 Å². The molecule has 44 valence electrons. The third kappa shape index (κ3) is 4.95. The molecular weight excluding hydrogens is 142 g/mol. The maximum Gasteiger partial charge on any atom is 0 e. The van der Waals surface area contributed by atoms with E-state index in [0.717, 1.165) is 0 Å². The van der Waals surface area contributed by atoms with Gasteiger partial charge in [-0.3, -0.25) is 0 Å². The fraction of sp³-hybridized carbons (Fsp3) is 0.250. The molecule has 0 aliphatic heterocycles. The molecule has 10 heavy (non-hydrogen) atoms. The molecule has 0 aromatic heterocycles. The second-order valence-corrected chi connectivity index (χ2v) is 2.15. The van der Waals surface area contributed by atoms with Crippen LogP contribution in [0.2, 0.25) is 0 Å². The summed E-state index contributed by atoms with van der Waals surface area (Å²) in [4.78, 5) is 0. The Hall–Kier alpha value is 1.22. The fourth-order valence-corrected chi connectivity index (χ4v) is 0.637. The second kappa shape index (κ2) is 6.90. The van der Waals surface area contributed by atoms with Gasteiger partial charge in [0.25, 0.3) is 0 Å². The van der Waals surface area contributed by atoms with Gasteiger partial charge in [-0.05, 0) is 13.8 Å². The summed E-state index contributed by atoms with van der Waals surface area (Å²) in [5, 5.41) is 0. The van der Waals surface area contributed by atoms with Crippen LogP contribution in [-0.2, 0) is 0 Å². The van der Waals surface area contributed by atoms with E-state index in [1.807, 2.05) is 0 Å². The quantitative estimate of drug-likeness (QED) is 0.495. The van der Waals surface area contributed by atoms with Gasteiger partial charge < -0.3 is 0 Å². The maximum absolute atomic E-state index is 2.12. The first-order valence-electron chi connectivity index (χ1n) is 2.82. The zero-order chi connectivity index (χ0) is 5.98. The number of aryl methyl sites for hydroxylation is 2. The van der Waals surface area contributed by atoms with Crippen LogP contribution in [0.1, 0.15) is 11.1 Å². The summed E-state index contributed by atoms with van der Waals surface area (Å²) in [7, 11) is 0. The molecule has 0 nitrogen and oxygen atoms in total. The first-order valence-corrected chi connectivity index (χ1v) is 2.82. The van der Waals surface area contributed by atoms with Crippen molar-refractivity contribution in [2.45, 2.75) is 13.8 Å². The molecule has 0 saturated heterocycles. The predicted molar refractivity (Wildman–Crippen MR) is 47.4 cm³/mol. The van der Waals surface area contributed by atoms with Crippen LogP contribution in [0, 0.1) is 13.8 Å². The molecular formula is C8H10Na2. The van der Waals surface area contributed by atoms with Gasteiger partial charge in [0.05, 0.1) is 0 Å². The van der Waals surface area contributed by atoms with E-state index in [0.29, 0.717) is 0 Å². The topological polar surface area (TPSA) is 0 Å². The van der Waals surface area contributed by atoms with Crippen LogP contribution < -0.4 is 0 Å². The van der Waals surface area contributed by atoms with Gasteiger partial charge in [-0.1, -0.05) is 35.4 Å². The summed E-state index contributed by atoms with van der Waals surface area (Å²) in [6.07, 6.45) is 0.